The molecule has 0 fully saturated rings. The highest BCUT2D eigenvalue weighted by molar-refractivity contribution is 7.14. The lowest BCUT2D eigenvalue weighted by atomic mass is 10.2. The van der Waals surface area contributed by atoms with Gasteiger partial charge in [0.2, 0.25) is 0 Å². The first kappa shape index (κ1) is 13.2. The van der Waals surface area contributed by atoms with Crippen molar-refractivity contribution >= 4 is 28.2 Å². The van der Waals surface area contributed by atoms with Gasteiger partial charge in [-0.05, 0) is 29.6 Å². The Morgan fingerprint density at radius 1 is 1.21 bits per heavy atom. The SMILES string of the molecule is CNC(=O)c1ccsc1NC(=O)c1cccc(F)c1. The lowest BCUT2D eigenvalue weighted by Crippen LogP contribution is -2.20. The number of anilines is 1. The maximum Gasteiger partial charge on any atom is 0.256 e. The maximum atomic E-state index is 13.0. The summed E-state index contributed by atoms with van der Waals surface area (Å²) in [5.41, 5.74) is 0.591. The maximum absolute atomic E-state index is 13.0. The van der Waals surface area contributed by atoms with Gasteiger partial charge in [0, 0.05) is 12.6 Å². The van der Waals surface area contributed by atoms with Gasteiger partial charge >= 0.3 is 0 Å². The minimum Gasteiger partial charge on any atom is -0.355 e. The van der Waals surface area contributed by atoms with E-state index >= 15 is 0 Å². The topological polar surface area (TPSA) is 58.2 Å². The van der Waals surface area contributed by atoms with Crippen LogP contribution in [0.15, 0.2) is 35.7 Å². The van der Waals surface area contributed by atoms with E-state index in [1.807, 2.05) is 0 Å². The second kappa shape index (κ2) is 5.62. The minimum atomic E-state index is -0.481. The van der Waals surface area contributed by atoms with E-state index in [1.54, 1.807) is 11.4 Å². The Morgan fingerprint density at radius 3 is 2.68 bits per heavy atom. The third-order valence-corrected chi connectivity index (χ3v) is 3.28. The molecule has 1 aromatic carbocycles. The van der Waals surface area contributed by atoms with Gasteiger partial charge in [0.25, 0.3) is 11.8 Å². The van der Waals surface area contributed by atoms with Crippen molar-refractivity contribution < 1.29 is 14.0 Å². The van der Waals surface area contributed by atoms with Gasteiger partial charge in [-0.15, -0.1) is 11.3 Å². The van der Waals surface area contributed by atoms with Crippen molar-refractivity contribution in [2.45, 2.75) is 0 Å². The molecule has 0 spiro atoms. The summed E-state index contributed by atoms with van der Waals surface area (Å²) in [6, 6.07) is 6.98. The Labute approximate surface area is 113 Å². The van der Waals surface area contributed by atoms with Crippen LogP contribution in [0.4, 0.5) is 9.39 Å². The van der Waals surface area contributed by atoms with E-state index in [0.29, 0.717) is 10.6 Å². The number of halogens is 1. The number of amides is 2. The first-order valence-electron chi connectivity index (χ1n) is 5.48. The minimum absolute atomic E-state index is 0.205. The third kappa shape index (κ3) is 2.97. The second-order valence-corrected chi connectivity index (χ2v) is 4.62. The quantitative estimate of drug-likeness (QED) is 0.906. The van der Waals surface area contributed by atoms with E-state index in [2.05, 4.69) is 10.6 Å². The molecule has 2 aromatic rings. The van der Waals surface area contributed by atoms with Crippen LogP contribution in [0.3, 0.4) is 0 Å². The zero-order chi connectivity index (χ0) is 13.8. The molecule has 19 heavy (non-hydrogen) atoms. The van der Waals surface area contributed by atoms with E-state index in [-0.39, 0.29) is 11.5 Å². The van der Waals surface area contributed by atoms with Gasteiger partial charge in [-0.1, -0.05) is 6.07 Å². The number of thiophene rings is 1. The Kier molecular flexibility index (Phi) is 3.91. The summed E-state index contributed by atoms with van der Waals surface area (Å²) in [6.07, 6.45) is 0. The fraction of sp³-hybridized carbons (Fsp3) is 0.0769. The van der Waals surface area contributed by atoms with Crippen molar-refractivity contribution in [3.8, 4) is 0 Å². The van der Waals surface area contributed by atoms with Crippen LogP contribution in [0.1, 0.15) is 20.7 Å². The number of benzene rings is 1. The van der Waals surface area contributed by atoms with E-state index in [9.17, 15) is 14.0 Å². The molecule has 0 bridgehead atoms. The zero-order valence-corrected chi connectivity index (χ0v) is 10.9. The fourth-order valence-corrected chi connectivity index (χ4v) is 2.30. The number of hydrogen-bond donors (Lipinski definition) is 2. The molecule has 0 saturated heterocycles. The number of rotatable bonds is 3. The van der Waals surface area contributed by atoms with Crippen LogP contribution >= 0.6 is 11.3 Å². The van der Waals surface area contributed by atoms with Crippen LogP contribution in [-0.2, 0) is 0 Å². The van der Waals surface area contributed by atoms with Crippen molar-refractivity contribution in [1.82, 2.24) is 5.32 Å². The summed E-state index contributed by atoms with van der Waals surface area (Å²) in [7, 11) is 1.51. The Bertz CT molecular complexity index is 625. The standard InChI is InChI=1S/C13H11FN2O2S/c1-15-12(18)10-5-6-19-13(10)16-11(17)8-3-2-4-9(14)7-8/h2-7H,1H3,(H,15,18)(H,16,17). The molecule has 0 unspecified atom stereocenters. The summed E-state index contributed by atoms with van der Waals surface area (Å²) in [6.45, 7) is 0. The largest absolute Gasteiger partial charge is 0.355 e. The highest BCUT2D eigenvalue weighted by atomic mass is 32.1. The zero-order valence-electron chi connectivity index (χ0n) is 10.1. The summed E-state index contributed by atoms with van der Waals surface area (Å²) in [4.78, 5) is 23.5. The van der Waals surface area contributed by atoms with Gasteiger partial charge < -0.3 is 10.6 Å². The average molecular weight is 278 g/mol. The Morgan fingerprint density at radius 2 is 2.00 bits per heavy atom. The molecule has 0 saturated carbocycles. The first-order chi connectivity index (χ1) is 9.11. The molecule has 0 aliphatic heterocycles. The van der Waals surface area contributed by atoms with E-state index in [1.165, 1.54) is 36.6 Å². The van der Waals surface area contributed by atoms with E-state index in [4.69, 9.17) is 0 Å². The van der Waals surface area contributed by atoms with Crippen LogP contribution in [0.2, 0.25) is 0 Å². The first-order valence-corrected chi connectivity index (χ1v) is 6.36. The Balaban J connectivity index is 2.20. The number of carbonyl (C=O) groups excluding carboxylic acids is 2. The van der Waals surface area contributed by atoms with Crippen LogP contribution in [0.5, 0.6) is 0 Å². The third-order valence-electron chi connectivity index (χ3n) is 2.45. The molecule has 2 N–H and O–H groups in total. The van der Waals surface area contributed by atoms with Crippen molar-refractivity contribution in [3.63, 3.8) is 0 Å². The average Bonchev–Trinajstić information content (AvgIpc) is 2.86. The highest BCUT2D eigenvalue weighted by Gasteiger charge is 2.14. The van der Waals surface area contributed by atoms with Crippen molar-refractivity contribution in [2.24, 2.45) is 0 Å². The van der Waals surface area contributed by atoms with Crippen molar-refractivity contribution in [1.29, 1.82) is 0 Å². The summed E-state index contributed by atoms with van der Waals surface area (Å²) in [5, 5.41) is 7.23. The molecule has 1 aromatic heterocycles. The number of hydrogen-bond acceptors (Lipinski definition) is 3. The monoisotopic (exact) mass is 278 g/mol. The molecular formula is C13H11FN2O2S. The van der Waals surface area contributed by atoms with Gasteiger partial charge in [0.05, 0.1) is 5.56 Å². The normalized spacial score (nSPS) is 10.0. The van der Waals surface area contributed by atoms with Gasteiger partial charge in [0.15, 0.2) is 0 Å². The van der Waals surface area contributed by atoms with E-state index in [0.717, 1.165) is 6.07 Å². The predicted molar refractivity (Wildman–Crippen MR) is 72.1 cm³/mol. The van der Waals surface area contributed by atoms with Gasteiger partial charge in [0.1, 0.15) is 10.8 Å². The molecule has 2 rings (SSSR count). The number of nitrogens with one attached hydrogen (secondary N) is 2. The smallest absolute Gasteiger partial charge is 0.256 e. The van der Waals surface area contributed by atoms with Gasteiger partial charge in [-0.25, -0.2) is 4.39 Å². The molecular weight excluding hydrogens is 267 g/mol. The van der Waals surface area contributed by atoms with Gasteiger partial charge in [-0.3, -0.25) is 9.59 Å². The van der Waals surface area contributed by atoms with Crippen molar-refractivity contribution in [3.05, 3.63) is 52.7 Å². The lowest BCUT2D eigenvalue weighted by molar-refractivity contribution is 0.0964. The van der Waals surface area contributed by atoms with Gasteiger partial charge in [-0.2, -0.15) is 0 Å². The van der Waals surface area contributed by atoms with Crippen LogP contribution in [0.25, 0.3) is 0 Å². The summed E-state index contributed by atoms with van der Waals surface area (Å²) < 4.78 is 13.0. The van der Waals surface area contributed by atoms with Crippen LogP contribution < -0.4 is 10.6 Å². The summed E-state index contributed by atoms with van der Waals surface area (Å²) in [5.74, 6) is -1.21. The molecule has 0 atom stereocenters. The molecule has 0 aliphatic carbocycles. The molecule has 1 heterocycles. The van der Waals surface area contributed by atoms with Crippen molar-refractivity contribution in [2.75, 3.05) is 12.4 Å². The van der Waals surface area contributed by atoms with Crippen LogP contribution in [0, 0.1) is 5.82 Å². The second-order valence-electron chi connectivity index (χ2n) is 3.71. The molecule has 6 heteroatoms. The van der Waals surface area contributed by atoms with Crippen LogP contribution in [-0.4, -0.2) is 18.9 Å². The lowest BCUT2D eigenvalue weighted by Gasteiger charge is -2.05. The fourth-order valence-electron chi connectivity index (χ4n) is 1.52. The molecule has 4 nitrogen and oxygen atoms in total. The molecule has 98 valence electrons. The predicted octanol–water partition coefficient (Wildman–Crippen LogP) is 2.50. The molecule has 0 radical (unpaired) electrons. The van der Waals surface area contributed by atoms with E-state index < -0.39 is 11.7 Å². The number of carbonyl (C=O) groups is 2. The molecule has 2 amide bonds. The Hall–Kier alpha value is -2.21. The summed E-state index contributed by atoms with van der Waals surface area (Å²) >= 11 is 1.23. The highest BCUT2D eigenvalue weighted by Crippen LogP contribution is 2.23. The molecule has 0 aliphatic rings.